The van der Waals surface area contributed by atoms with Crippen LogP contribution in [-0.2, 0) is 9.05 Å². The molecule has 1 aromatic carbocycles. The van der Waals surface area contributed by atoms with Crippen molar-refractivity contribution in [1.82, 2.24) is 0 Å². The van der Waals surface area contributed by atoms with Gasteiger partial charge in [-0.2, -0.15) is 0 Å². The lowest BCUT2D eigenvalue weighted by atomic mass is 10.4. The smallest absolute Gasteiger partial charge is 0.207 e. The van der Waals surface area contributed by atoms with Gasteiger partial charge in [0.15, 0.2) is 0 Å². The van der Waals surface area contributed by atoms with Gasteiger partial charge < -0.3 is 0 Å². The van der Waals surface area contributed by atoms with E-state index in [0.29, 0.717) is 4.47 Å². The first kappa shape index (κ1) is 10.5. The highest BCUT2D eigenvalue weighted by molar-refractivity contribution is 9.11. The highest BCUT2D eigenvalue weighted by atomic mass is 79.9. The van der Waals surface area contributed by atoms with Gasteiger partial charge in [0.25, 0.3) is 9.05 Å². The molecule has 0 saturated carbocycles. The normalized spacial score (nSPS) is 11.6. The molecular formula is C6H3Br2ClO2S. The van der Waals surface area contributed by atoms with Crippen molar-refractivity contribution in [2.24, 2.45) is 0 Å². The zero-order chi connectivity index (χ0) is 9.35. The van der Waals surface area contributed by atoms with Crippen molar-refractivity contribution in [2.75, 3.05) is 0 Å². The molecule has 0 aromatic heterocycles. The van der Waals surface area contributed by atoms with E-state index in [-0.39, 0.29) is 4.90 Å². The van der Waals surface area contributed by atoms with Gasteiger partial charge in [0.05, 0.1) is 4.90 Å². The lowest BCUT2D eigenvalue weighted by Crippen LogP contribution is -1.91. The number of hydrogen-bond donors (Lipinski definition) is 0. The fourth-order valence-corrected chi connectivity index (χ4v) is 3.56. The average molecular weight is 334 g/mol. The van der Waals surface area contributed by atoms with Crippen LogP contribution < -0.4 is 0 Å². The first-order valence-corrected chi connectivity index (χ1v) is 6.70. The summed E-state index contributed by atoms with van der Waals surface area (Å²) in [5.41, 5.74) is 0. The van der Waals surface area contributed by atoms with Crippen LogP contribution in [0.2, 0.25) is 0 Å². The Bertz CT molecular complexity index is 402. The van der Waals surface area contributed by atoms with Gasteiger partial charge in [0.1, 0.15) is 0 Å². The highest BCUT2D eigenvalue weighted by Crippen LogP contribution is 2.27. The molecule has 6 heteroatoms. The first-order valence-electron chi connectivity index (χ1n) is 2.81. The summed E-state index contributed by atoms with van der Waals surface area (Å²) >= 11 is 6.28. The van der Waals surface area contributed by atoms with E-state index in [9.17, 15) is 8.42 Å². The van der Waals surface area contributed by atoms with Crippen LogP contribution in [0.15, 0.2) is 32.0 Å². The minimum atomic E-state index is -3.65. The Morgan fingerprint density at radius 3 is 2.25 bits per heavy atom. The molecule has 0 N–H and O–H groups in total. The quantitative estimate of drug-likeness (QED) is 0.740. The molecule has 0 radical (unpaired) electrons. The number of benzene rings is 1. The number of hydrogen-bond acceptors (Lipinski definition) is 2. The van der Waals surface area contributed by atoms with Crippen LogP contribution >= 0.6 is 42.5 Å². The van der Waals surface area contributed by atoms with Crippen molar-refractivity contribution in [3.8, 4) is 0 Å². The van der Waals surface area contributed by atoms with E-state index in [1.54, 1.807) is 12.1 Å². The van der Waals surface area contributed by atoms with E-state index < -0.39 is 9.05 Å². The minimum Gasteiger partial charge on any atom is -0.207 e. The predicted octanol–water partition coefficient (Wildman–Crippen LogP) is 3.14. The van der Waals surface area contributed by atoms with Crippen LogP contribution in [0.3, 0.4) is 0 Å². The number of halogens is 3. The number of rotatable bonds is 1. The third-order valence-electron chi connectivity index (χ3n) is 1.16. The maximum atomic E-state index is 10.9. The Labute approximate surface area is 91.6 Å². The molecule has 2 nitrogen and oxygen atoms in total. The van der Waals surface area contributed by atoms with Gasteiger partial charge in [-0.25, -0.2) is 8.42 Å². The summed E-state index contributed by atoms with van der Waals surface area (Å²) in [5.74, 6) is 0. The zero-order valence-corrected chi connectivity index (χ0v) is 10.3. The molecule has 66 valence electrons. The van der Waals surface area contributed by atoms with Crippen LogP contribution in [0.5, 0.6) is 0 Å². The Balaban J connectivity index is 3.39. The second kappa shape index (κ2) is 3.65. The van der Waals surface area contributed by atoms with Crippen LogP contribution in [0.4, 0.5) is 0 Å². The van der Waals surface area contributed by atoms with E-state index in [4.69, 9.17) is 10.7 Å². The summed E-state index contributed by atoms with van der Waals surface area (Å²) in [6, 6.07) is 4.66. The topological polar surface area (TPSA) is 34.1 Å². The van der Waals surface area contributed by atoms with Gasteiger partial charge in [-0.1, -0.05) is 15.9 Å². The molecule has 0 heterocycles. The Morgan fingerprint density at radius 2 is 1.83 bits per heavy atom. The zero-order valence-electron chi connectivity index (χ0n) is 5.59. The van der Waals surface area contributed by atoms with Crippen molar-refractivity contribution in [2.45, 2.75) is 4.90 Å². The molecule has 0 atom stereocenters. The maximum absolute atomic E-state index is 10.9. The van der Waals surface area contributed by atoms with E-state index in [2.05, 4.69) is 31.9 Å². The Kier molecular flexibility index (Phi) is 3.20. The molecule has 1 aromatic rings. The SMILES string of the molecule is O=S(=O)(Cl)c1ccc(Br)cc1Br. The molecule has 0 unspecified atom stereocenters. The van der Waals surface area contributed by atoms with E-state index in [1.807, 2.05) is 0 Å². The molecule has 0 amide bonds. The van der Waals surface area contributed by atoms with Crippen molar-refractivity contribution >= 4 is 51.6 Å². The van der Waals surface area contributed by atoms with E-state index in [0.717, 1.165) is 4.47 Å². The molecule has 0 fully saturated rings. The summed E-state index contributed by atoms with van der Waals surface area (Å²) in [7, 11) is 1.50. The van der Waals surface area contributed by atoms with Gasteiger partial charge in [-0.05, 0) is 34.1 Å². The largest absolute Gasteiger partial charge is 0.262 e. The van der Waals surface area contributed by atoms with Crippen LogP contribution in [0, 0.1) is 0 Å². The summed E-state index contributed by atoms with van der Waals surface area (Å²) < 4.78 is 23.0. The summed E-state index contributed by atoms with van der Waals surface area (Å²) in [6.07, 6.45) is 0. The average Bonchev–Trinajstić information content (AvgIpc) is 1.83. The van der Waals surface area contributed by atoms with Crippen molar-refractivity contribution in [3.05, 3.63) is 27.1 Å². The second-order valence-electron chi connectivity index (χ2n) is 2.01. The Morgan fingerprint density at radius 1 is 1.25 bits per heavy atom. The monoisotopic (exact) mass is 332 g/mol. The lowest BCUT2D eigenvalue weighted by Gasteiger charge is -1.99. The molecule has 12 heavy (non-hydrogen) atoms. The molecule has 0 saturated heterocycles. The molecule has 0 aliphatic rings. The van der Waals surface area contributed by atoms with Gasteiger partial charge >= 0.3 is 0 Å². The van der Waals surface area contributed by atoms with E-state index >= 15 is 0 Å². The van der Waals surface area contributed by atoms with E-state index in [1.165, 1.54) is 6.07 Å². The molecule has 1 rings (SSSR count). The minimum absolute atomic E-state index is 0.0763. The lowest BCUT2D eigenvalue weighted by molar-refractivity contribution is 0.609. The molecule has 0 aliphatic heterocycles. The predicted molar refractivity (Wildman–Crippen MR) is 54.9 cm³/mol. The third-order valence-corrected chi connectivity index (χ3v) is 3.95. The first-order chi connectivity index (χ1) is 5.41. The molecule has 0 aliphatic carbocycles. The summed E-state index contributed by atoms with van der Waals surface area (Å²) in [5, 5.41) is 0. The van der Waals surface area contributed by atoms with Crippen molar-refractivity contribution in [1.29, 1.82) is 0 Å². The van der Waals surface area contributed by atoms with Crippen LogP contribution in [0.1, 0.15) is 0 Å². The third kappa shape index (κ3) is 2.45. The van der Waals surface area contributed by atoms with Gasteiger partial charge in [-0.15, -0.1) is 0 Å². The second-order valence-corrected chi connectivity index (χ2v) is 6.32. The van der Waals surface area contributed by atoms with Crippen LogP contribution in [0.25, 0.3) is 0 Å². The van der Waals surface area contributed by atoms with Gasteiger partial charge in [0, 0.05) is 19.6 Å². The van der Waals surface area contributed by atoms with Crippen LogP contribution in [-0.4, -0.2) is 8.42 Å². The summed E-state index contributed by atoms with van der Waals surface area (Å²) in [4.78, 5) is 0.0763. The fraction of sp³-hybridized carbons (Fsp3) is 0. The molecule has 0 bridgehead atoms. The molecule has 0 spiro atoms. The van der Waals surface area contributed by atoms with Crippen molar-refractivity contribution < 1.29 is 8.42 Å². The standard InChI is InChI=1S/C6H3Br2ClO2S/c7-4-1-2-6(5(8)3-4)12(9,10)11/h1-3H. The molecular weight excluding hydrogens is 331 g/mol. The van der Waals surface area contributed by atoms with Gasteiger partial charge in [0.2, 0.25) is 0 Å². The highest BCUT2D eigenvalue weighted by Gasteiger charge is 2.13. The maximum Gasteiger partial charge on any atom is 0.262 e. The fourth-order valence-electron chi connectivity index (χ4n) is 0.673. The Hall–Kier alpha value is 0.420. The van der Waals surface area contributed by atoms with Crippen molar-refractivity contribution in [3.63, 3.8) is 0 Å². The van der Waals surface area contributed by atoms with Gasteiger partial charge in [-0.3, -0.25) is 0 Å². The summed E-state index contributed by atoms with van der Waals surface area (Å²) in [6.45, 7) is 0.